The van der Waals surface area contributed by atoms with E-state index in [4.69, 9.17) is 10.5 Å². The summed E-state index contributed by atoms with van der Waals surface area (Å²) in [4.78, 5) is 2.40. The van der Waals surface area contributed by atoms with Crippen molar-refractivity contribution >= 4 is 11.4 Å². The van der Waals surface area contributed by atoms with Crippen molar-refractivity contribution in [2.75, 3.05) is 23.8 Å². The number of nitrogen functional groups attached to an aromatic ring is 1. The minimum atomic E-state index is 0.559. The van der Waals surface area contributed by atoms with Crippen molar-refractivity contribution in [1.29, 1.82) is 0 Å². The Morgan fingerprint density at radius 3 is 2.78 bits per heavy atom. The van der Waals surface area contributed by atoms with E-state index in [-0.39, 0.29) is 0 Å². The molecule has 18 heavy (non-hydrogen) atoms. The predicted molar refractivity (Wildman–Crippen MR) is 77.2 cm³/mol. The Labute approximate surface area is 110 Å². The van der Waals surface area contributed by atoms with Gasteiger partial charge in [0.2, 0.25) is 0 Å². The largest absolute Gasteiger partial charge is 0.491 e. The van der Waals surface area contributed by atoms with Crippen LogP contribution in [0.1, 0.15) is 33.6 Å². The van der Waals surface area contributed by atoms with Gasteiger partial charge in [-0.2, -0.15) is 0 Å². The third kappa shape index (κ3) is 2.55. The topological polar surface area (TPSA) is 38.5 Å². The Kier molecular flexibility index (Phi) is 4.00. The summed E-state index contributed by atoms with van der Waals surface area (Å²) in [6, 6.07) is 6.65. The summed E-state index contributed by atoms with van der Waals surface area (Å²) in [7, 11) is 0. The molecule has 2 unspecified atom stereocenters. The highest BCUT2D eigenvalue weighted by atomic mass is 16.5. The first-order valence-electron chi connectivity index (χ1n) is 6.91. The molecule has 0 aliphatic carbocycles. The molecule has 0 saturated carbocycles. The van der Waals surface area contributed by atoms with Crippen LogP contribution in [-0.2, 0) is 0 Å². The minimum Gasteiger partial charge on any atom is -0.491 e. The van der Waals surface area contributed by atoms with Gasteiger partial charge < -0.3 is 15.4 Å². The van der Waals surface area contributed by atoms with E-state index in [0.29, 0.717) is 6.04 Å². The van der Waals surface area contributed by atoms with Gasteiger partial charge in [0.1, 0.15) is 5.75 Å². The SMILES string of the molecule is CCCOc1cccc(N2CC(C)CC2C)c1N. The van der Waals surface area contributed by atoms with Gasteiger partial charge in [-0.1, -0.05) is 19.9 Å². The fourth-order valence-corrected chi connectivity index (χ4v) is 2.76. The maximum Gasteiger partial charge on any atom is 0.144 e. The maximum absolute atomic E-state index is 6.24. The van der Waals surface area contributed by atoms with E-state index in [2.05, 4.69) is 31.7 Å². The molecule has 1 aromatic rings. The first-order chi connectivity index (χ1) is 8.63. The molecule has 3 nitrogen and oxygen atoms in total. The zero-order chi connectivity index (χ0) is 13.1. The van der Waals surface area contributed by atoms with Gasteiger partial charge in [-0.25, -0.2) is 0 Å². The Hall–Kier alpha value is -1.38. The van der Waals surface area contributed by atoms with Crippen LogP contribution in [0.2, 0.25) is 0 Å². The molecule has 0 bridgehead atoms. The van der Waals surface area contributed by atoms with Crippen molar-refractivity contribution in [3.05, 3.63) is 18.2 Å². The number of benzene rings is 1. The van der Waals surface area contributed by atoms with Gasteiger partial charge in [0.05, 0.1) is 18.0 Å². The number of nitrogens with zero attached hydrogens (tertiary/aromatic N) is 1. The van der Waals surface area contributed by atoms with E-state index in [1.54, 1.807) is 0 Å². The van der Waals surface area contributed by atoms with Crippen LogP contribution in [0.3, 0.4) is 0 Å². The molecule has 2 N–H and O–H groups in total. The fraction of sp³-hybridized carbons (Fsp3) is 0.600. The number of ether oxygens (including phenoxy) is 1. The number of anilines is 2. The zero-order valence-corrected chi connectivity index (χ0v) is 11.6. The molecule has 1 heterocycles. The van der Waals surface area contributed by atoms with Gasteiger partial charge in [0.15, 0.2) is 0 Å². The van der Waals surface area contributed by atoms with Crippen molar-refractivity contribution in [3.8, 4) is 5.75 Å². The van der Waals surface area contributed by atoms with Crippen LogP contribution in [0.4, 0.5) is 11.4 Å². The average Bonchev–Trinajstić information content (AvgIpc) is 2.67. The highest BCUT2D eigenvalue weighted by molar-refractivity contribution is 5.74. The molecule has 2 rings (SSSR count). The van der Waals surface area contributed by atoms with Crippen molar-refractivity contribution in [3.63, 3.8) is 0 Å². The molecule has 100 valence electrons. The molecule has 3 heteroatoms. The summed E-state index contributed by atoms with van der Waals surface area (Å²) in [5.41, 5.74) is 8.15. The lowest BCUT2D eigenvalue weighted by Crippen LogP contribution is -2.27. The molecule has 2 atom stereocenters. The van der Waals surface area contributed by atoms with Gasteiger partial charge in [0, 0.05) is 12.6 Å². The summed E-state index contributed by atoms with van der Waals surface area (Å²) in [6.07, 6.45) is 2.24. The fourth-order valence-electron chi connectivity index (χ4n) is 2.76. The molecule has 1 saturated heterocycles. The Morgan fingerprint density at radius 1 is 1.39 bits per heavy atom. The number of hydrogen-bond donors (Lipinski definition) is 1. The number of nitrogens with two attached hydrogens (primary N) is 1. The maximum atomic E-state index is 6.24. The lowest BCUT2D eigenvalue weighted by Gasteiger charge is -2.26. The highest BCUT2D eigenvalue weighted by Gasteiger charge is 2.27. The van der Waals surface area contributed by atoms with Crippen LogP contribution < -0.4 is 15.4 Å². The summed E-state index contributed by atoms with van der Waals surface area (Å²) in [6.45, 7) is 8.47. The molecule has 0 amide bonds. The number of para-hydroxylation sites is 1. The first-order valence-corrected chi connectivity index (χ1v) is 6.91. The quantitative estimate of drug-likeness (QED) is 0.831. The van der Waals surface area contributed by atoms with E-state index >= 15 is 0 Å². The Morgan fingerprint density at radius 2 is 2.17 bits per heavy atom. The molecule has 1 aromatic carbocycles. The van der Waals surface area contributed by atoms with Crippen molar-refractivity contribution in [1.82, 2.24) is 0 Å². The van der Waals surface area contributed by atoms with Crippen LogP contribution >= 0.6 is 0 Å². The predicted octanol–water partition coefficient (Wildman–Crippen LogP) is 3.29. The molecule has 1 fully saturated rings. The highest BCUT2D eigenvalue weighted by Crippen LogP contribution is 2.37. The average molecular weight is 248 g/mol. The molecule has 1 aliphatic rings. The van der Waals surface area contributed by atoms with Crippen LogP contribution in [0.25, 0.3) is 0 Å². The second kappa shape index (κ2) is 5.51. The molecule has 1 aliphatic heterocycles. The van der Waals surface area contributed by atoms with Crippen molar-refractivity contribution in [2.45, 2.75) is 39.7 Å². The third-order valence-corrected chi connectivity index (χ3v) is 3.60. The van der Waals surface area contributed by atoms with E-state index in [1.165, 1.54) is 6.42 Å². The normalized spacial score (nSPS) is 23.4. The third-order valence-electron chi connectivity index (χ3n) is 3.60. The van der Waals surface area contributed by atoms with Gasteiger partial charge in [-0.05, 0) is 37.8 Å². The van der Waals surface area contributed by atoms with E-state index in [1.807, 2.05) is 12.1 Å². The first kappa shape index (κ1) is 13.1. The smallest absolute Gasteiger partial charge is 0.144 e. The van der Waals surface area contributed by atoms with E-state index in [9.17, 15) is 0 Å². The summed E-state index contributed by atoms with van der Waals surface area (Å²) >= 11 is 0. The molecule has 0 aromatic heterocycles. The molecular formula is C15H24N2O. The molecule has 0 radical (unpaired) electrons. The van der Waals surface area contributed by atoms with Crippen LogP contribution in [0.15, 0.2) is 18.2 Å². The van der Waals surface area contributed by atoms with Crippen molar-refractivity contribution in [2.24, 2.45) is 5.92 Å². The minimum absolute atomic E-state index is 0.559. The van der Waals surface area contributed by atoms with Crippen LogP contribution in [0.5, 0.6) is 5.75 Å². The Bertz CT molecular complexity index is 405. The van der Waals surface area contributed by atoms with Crippen LogP contribution in [-0.4, -0.2) is 19.2 Å². The van der Waals surface area contributed by atoms with Gasteiger partial charge >= 0.3 is 0 Å². The number of rotatable bonds is 4. The molecule has 0 spiro atoms. The lowest BCUT2D eigenvalue weighted by atomic mass is 10.1. The summed E-state index contributed by atoms with van der Waals surface area (Å²) < 4.78 is 5.70. The van der Waals surface area contributed by atoms with Crippen LogP contribution in [0, 0.1) is 5.92 Å². The second-order valence-electron chi connectivity index (χ2n) is 5.38. The van der Waals surface area contributed by atoms with Crippen molar-refractivity contribution < 1.29 is 4.74 Å². The summed E-state index contributed by atoms with van der Waals surface area (Å²) in [5, 5.41) is 0. The second-order valence-corrected chi connectivity index (χ2v) is 5.38. The monoisotopic (exact) mass is 248 g/mol. The lowest BCUT2D eigenvalue weighted by molar-refractivity contribution is 0.319. The zero-order valence-electron chi connectivity index (χ0n) is 11.6. The summed E-state index contributed by atoms with van der Waals surface area (Å²) in [5.74, 6) is 1.56. The van der Waals surface area contributed by atoms with Gasteiger partial charge in [-0.15, -0.1) is 0 Å². The van der Waals surface area contributed by atoms with Gasteiger partial charge in [-0.3, -0.25) is 0 Å². The number of hydrogen-bond acceptors (Lipinski definition) is 3. The van der Waals surface area contributed by atoms with E-state index < -0.39 is 0 Å². The van der Waals surface area contributed by atoms with E-state index in [0.717, 1.165) is 42.6 Å². The molecular weight excluding hydrogens is 224 g/mol. The van der Waals surface area contributed by atoms with Gasteiger partial charge in [0.25, 0.3) is 0 Å². The Balaban J connectivity index is 2.23. The standard InChI is InChI=1S/C15H24N2O/c1-4-8-18-14-7-5-6-13(15(14)16)17-10-11(2)9-12(17)3/h5-7,11-12H,4,8-10,16H2,1-3H3.